The number of carbonyl (C=O) groups excluding carboxylic acids is 2. The molecule has 4 heterocycles. The molecule has 0 fully saturated rings. The second-order valence-corrected chi connectivity index (χ2v) is 17.5. The van der Waals surface area contributed by atoms with E-state index in [1.807, 2.05) is 0 Å². The molecule has 2 amide bonds. The van der Waals surface area contributed by atoms with Crippen LogP contribution in [-0.4, -0.2) is 67.9 Å². The SMILES string of the molecule is Cc1nc2c(N=Nc3ccccn3)ccc(O)c2cc1CC(=O)Nc1ccc(-c2ccc(NC(=O)c3cc4c(O)ccc(N=Nc5ccccn5)c4nc3C)cc2S(=O)(=O)O)c(S(=O)(=O)O)c1. The number of hydrogen-bond donors (Lipinski definition) is 6. The van der Waals surface area contributed by atoms with Gasteiger partial charge in [-0.15, -0.1) is 20.5 Å². The summed E-state index contributed by atoms with van der Waals surface area (Å²) in [7, 11) is -10.3. The van der Waals surface area contributed by atoms with E-state index in [2.05, 4.69) is 51.0 Å². The molecule has 0 atom stereocenters. The number of carbonyl (C=O) groups is 2. The van der Waals surface area contributed by atoms with Crippen LogP contribution in [0.4, 0.5) is 34.4 Å². The Balaban J connectivity index is 1.04. The summed E-state index contributed by atoms with van der Waals surface area (Å²) in [6.45, 7) is 3.17. The van der Waals surface area contributed by atoms with Gasteiger partial charge in [0.05, 0.1) is 17.7 Å². The summed E-state index contributed by atoms with van der Waals surface area (Å²) in [6, 6.07) is 25.4. The fourth-order valence-electron chi connectivity index (χ4n) is 6.94. The van der Waals surface area contributed by atoms with E-state index < -0.39 is 41.8 Å². The van der Waals surface area contributed by atoms with Gasteiger partial charge in [0.2, 0.25) is 5.91 Å². The summed E-state index contributed by atoms with van der Waals surface area (Å²) in [5.41, 5.74) is 1.08. The van der Waals surface area contributed by atoms with Crippen LogP contribution in [0.5, 0.6) is 11.5 Å². The Hall–Kier alpha value is -8.44. The van der Waals surface area contributed by atoms with Crippen LogP contribution in [0, 0.1) is 13.8 Å². The number of aromatic nitrogens is 4. The number of nitrogens with zero attached hydrogens (tertiary/aromatic N) is 8. The van der Waals surface area contributed by atoms with Gasteiger partial charge in [-0.1, -0.05) is 24.3 Å². The first-order chi connectivity index (χ1) is 31.9. The molecule has 0 radical (unpaired) electrons. The number of aryl methyl sites for hydroxylation is 2. The van der Waals surface area contributed by atoms with Gasteiger partial charge in [-0.25, -0.2) is 15.0 Å². The van der Waals surface area contributed by atoms with Crippen LogP contribution in [0.2, 0.25) is 0 Å². The lowest BCUT2D eigenvalue weighted by molar-refractivity contribution is -0.115. The Morgan fingerprint density at radius 2 is 1.07 bits per heavy atom. The van der Waals surface area contributed by atoms with Gasteiger partial charge in [0, 0.05) is 51.4 Å². The van der Waals surface area contributed by atoms with Crippen LogP contribution >= 0.6 is 0 Å². The van der Waals surface area contributed by atoms with Gasteiger partial charge < -0.3 is 20.8 Å². The van der Waals surface area contributed by atoms with Gasteiger partial charge in [0.15, 0.2) is 11.6 Å². The third-order valence-electron chi connectivity index (χ3n) is 10.1. The average Bonchev–Trinajstić information content (AvgIpc) is 3.29. The zero-order chi connectivity index (χ0) is 47.6. The first kappa shape index (κ1) is 45.1. The molecule has 0 unspecified atom stereocenters. The molecule has 4 aromatic heterocycles. The van der Waals surface area contributed by atoms with Crippen LogP contribution < -0.4 is 10.6 Å². The highest BCUT2D eigenvalue weighted by Crippen LogP contribution is 2.38. The van der Waals surface area contributed by atoms with Crippen molar-refractivity contribution in [2.75, 3.05) is 10.6 Å². The molecule has 8 rings (SSSR count). The van der Waals surface area contributed by atoms with Crippen molar-refractivity contribution in [2.24, 2.45) is 20.5 Å². The zero-order valence-corrected chi connectivity index (χ0v) is 36.5. The van der Waals surface area contributed by atoms with Crippen molar-refractivity contribution < 1.29 is 45.7 Å². The van der Waals surface area contributed by atoms with E-state index in [0.29, 0.717) is 34.1 Å². The first-order valence-corrected chi connectivity index (χ1v) is 22.6. The van der Waals surface area contributed by atoms with E-state index in [-0.39, 0.29) is 73.7 Å². The largest absolute Gasteiger partial charge is 0.507 e. The molecule has 0 spiro atoms. The quantitative estimate of drug-likeness (QED) is 0.0492. The molecular weight excluding hydrogens is 905 g/mol. The van der Waals surface area contributed by atoms with Crippen LogP contribution in [0.3, 0.4) is 0 Å². The minimum absolute atomic E-state index is 0.0236. The fraction of sp³-hybridized carbons (Fsp3) is 0.0667. The van der Waals surface area contributed by atoms with Gasteiger partial charge in [-0.3, -0.25) is 23.7 Å². The molecule has 0 saturated heterocycles. The number of fused-ring (bicyclic) bond motifs is 2. The molecule has 8 aromatic rings. The van der Waals surface area contributed by atoms with Gasteiger partial charge in [0.1, 0.15) is 43.7 Å². The maximum atomic E-state index is 13.6. The highest BCUT2D eigenvalue weighted by molar-refractivity contribution is 7.86. The lowest BCUT2D eigenvalue weighted by atomic mass is 10.0. The van der Waals surface area contributed by atoms with Crippen LogP contribution in [-0.2, 0) is 31.5 Å². The third kappa shape index (κ3) is 9.96. The normalized spacial score (nSPS) is 12.0. The van der Waals surface area contributed by atoms with Gasteiger partial charge in [0.25, 0.3) is 26.1 Å². The van der Waals surface area contributed by atoms with Crippen molar-refractivity contribution in [1.29, 1.82) is 0 Å². The number of rotatable bonds is 12. The summed E-state index contributed by atoms with van der Waals surface area (Å²) in [5, 5.41) is 43.5. The number of azo groups is 2. The van der Waals surface area contributed by atoms with E-state index in [4.69, 9.17) is 0 Å². The van der Waals surface area contributed by atoms with Crippen LogP contribution in [0.1, 0.15) is 27.3 Å². The highest BCUT2D eigenvalue weighted by atomic mass is 32.2. The molecule has 20 nitrogen and oxygen atoms in total. The summed E-state index contributed by atoms with van der Waals surface area (Å²) in [4.78, 5) is 42.6. The second kappa shape index (κ2) is 18.2. The Bertz CT molecular complexity index is 3600. The predicted molar refractivity (Wildman–Crippen MR) is 245 cm³/mol. The maximum absolute atomic E-state index is 13.6. The fourth-order valence-corrected chi connectivity index (χ4v) is 8.40. The maximum Gasteiger partial charge on any atom is 0.295 e. The molecule has 0 aliphatic carbocycles. The predicted octanol–water partition coefficient (Wildman–Crippen LogP) is 9.03. The zero-order valence-electron chi connectivity index (χ0n) is 34.9. The average molecular weight is 939 g/mol. The minimum atomic E-state index is -5.15. The number of phenols is 2. The number of hydrogen-bond acceptors (Lipinski definition) is 16. The van der Waals surface area contributed by atoms with Crippen molar-refractivity contribution in [1.82, 2.24) is 19.9 Å². The Kier molecular flexibility index (Phi) is 12.3. The lowest BCUT2D eigenvalue weighted by Crippen LogP contribution is -2.16. The number of aromatic hydroxyl groups is 2. The van der Waals surface area contributed by atoms with Crippen molar-refractivity contribution in [3.63, 3.8) is 0 Å². The van der Waals surface area contributed by atoms with Gasteiger partial charge in [-0.05, 0) is 104 Å². The Morgan fingerprint density at radius 3 is 1.57 bits per heavy atom. The first-order valence-electron chi connectivity index (χ1n) is 19.7. The molecule has 67 heavy (non-hydrogen) atoms. The summed E-state index contributed by atoms with van der Waals surface area (Å²) >= 11 is 0. The smallest absolute Gasteiger partial charge is 0.295 e. The Morgan fingerprint density at radius 1 is 0.582 bits per heavy atom. The molecule has 6 N–H and O–H groups in total. The summed E-state index contributed by atoms with van der Waals surface area (Å²) in [6.07, 6.45) is 2.80. The van der Waals surface area contributed by atoms with E-state index >= 15 is 0 Å². The molecule has 0 bridgehead atoms. The van der Waals surface area contributed by atoms with Crippen LogP contribution in [0.15, 0.2) is 152 Å². The molecule has 0 aliphatic heterocycles. The number of nitrogens with one attached hydrogen (secondary N) is 2. The molecule has 4 aromatic carbocycles. The van der Waals surface area contributed by atoms with Crippen molar-refractivity contribution in [3.8, 4) is 22.6 Å². The molecular formula is C45H34N10O10S2. The lowest BCUT2D eigenvalue weighted by Gasteiger charge is -2.15. The number of phenolic OH excluding ortho intramolecular Hbond substituents is 2. The van der Waals surface area contributed by atoms with E-state index in [1.165, 1.54) is 49.4 Å². The van der Waals surface area contributed by atoms with E-state index in [1.54, 1.807) is 61.8 Å². The van der Waals surface area contributed by atoms with Gasteiger partial charge in [-0.2, -0.15) is 16.8 Å². The molecule has 336 valence electrons. The second-order valence-electron chi connectivity index (χ2n) is 14.7. The summed E-state index contributed by atoms with van der Waals surface area (Å²) in [5.74, 6) is -1.12. The number of amides is 2. The minimum Gasteiger partial charge on any atom is -0.507 e. The summed E-state index contributed by atoms with van der Waals surface area (Å²) < 4.78 is 71.9. The topological polar surface area (TPSA) is 308 Å². The molecule has 22 heteroatoms. The van der Waals surface area contributed by atoms with Crippen molar-refractivity contribution in [2.45, 2.75) is 30.1 Å². The number of anilines is 2. The third-order valence-corrected chi connectivity index (χ3v) is 11.9. The number of benzene rings is 4. The monoisotopic (exact) mass is 938 g/mol. The van der Waals surface area contributed by atoms with E-state index in [9.17, 15) is 45.7 Å². The number of pyridine rings is 4. The van der Waals surface area contributed by atoms with Crippen molar-refractivity contribution >= 4 is 88.2 Å². The highest BCUT2D eigenvalue weighted by Gasteiger charge is 2.26. The van der Waals surface area contributed by atoms with E-state index in [0.717, 1.165) is 24.3 Å². The molecule has 0 aliphatic rings. The van der Waals surface area contributed by atoms with Crippen LogP contribution in [0.25, 0.3) is 32.9 Å². The van der Waals surface area contributed by atoms with Gasteiger partial charge >= 0.3 is 0 Å². The van der Waals surface area contributed by atoms with Crippen molar-refractivity contribution in [3.05, 3.63) is 144 Å². The molecule has 0 saturated carbocycles. The standard InChI is InChI=1S/C45H34N10O10S2/c1-24-26(19-32-36(56)15-13-34(43(32)48-24)52-54-40-7-3-5-17-46-40)20-42(58)50-27-9-11-29(38(21-27)66(60,61)62)30-12-10-28(22-39(30)67(63,64)65)51-45(59)31-23-33-37(57)16-14-35(44(33)49-25(31)2)53-55-41-8-4-6-18-47-41/h3-19,21-23,56-57H,20H2,1-2H3,(H,50,58)(H,51,59)(H,60,61,62)(H,63,64,65). The Labute approximate surface area is 380 Å².